The highest BCUT2D eigenvalue weighted by Gasteiger charge is 2.31. The Morgan fingerprint density at radius 3 is 2.46 bits per heavy atom. The first-order chi connectivity index (χ1) is 19.1. The smallest absolute Gasteiger partial charge is 0.316 e. The van der Waals surface area contributed by atoms with E-state index < -0.39 is 5.91 Å². The SMILES string of the molecule is O=NC(=O)c1ccc2c(C3CCCCC3)c3n(c2c1)CCN(CC(=O)NCc1ccccc1)c1ccccc1-3. The molecule has 4 aromatic rings. The van der Waals surface area contributed by atoms with Crippen LogP contribution in [0.4, 0.5) is 5.69 Å². The molecule has 0 unspecified atom stereocenters. The molecule has 7 nitrogen and oxygen atoms in total. The van der Waals surface area contributed by atoms with Crippen molar-refractivity contribution >= 4 is 28.4 Å². The van der Waals surface area contributed by atoms with Gasteiger partial charge in [0.05, 0.1) is 12.2 Å². The van der Waals surface area contributed by atoms with E-state index in [9.17, 15) is 14.5 Å². The standard InChI is InChI=1S/C32H32N4O3/c37-29(33-20-22-9-3-1-4-10-22)21-35-17-18-36-28-19-24(32(38)34-39)15-16-25(28)30(23-11-5-2-6-12-23)31(36)26-13-7-8-14-27(26)35/h1,3-4,7-10,13-16,19,23H,2,5-6,11-12,17-18,20-21H2,(H,33,37). The first kappa shape index (κ1) is 25.0. The van der Waals surface area contributed by atoms with Crippen molar-refractivity contribution < 1.29 is 9.59 Å². The molecule has 1 aromatic heterocycles. The summed E-state index contributed by atoms with van der Waals surface area (Å²) in [7, 11) is 0. The predicted molar refractivity (Wildman–Crippen MR) is 154 cm³/mol. The molecule has 1 N–H and O–H groups in total. The molecule has 2 heterocycles. The highest BCUT2D eigenvalue weighted by Crippen LogP contribution is 2.47. The molecule has 2 amide bonds. The maximum absolute atomic E-state index is 13.1. The largest absolute Gasteiger partial charge is 0.360 e. The van der Waals surface area contributed by atoms with Gasteiger partial charge in [0.1, 0.15) is 0 Å². The number of anilines is 1. The third-order valence-corrected chi connectivity index (χ3v) is 8.21. The molecule has 2 aliphatic rings. The summed E-state index contributed by atoms with van der Waals surface area (Å²) in [4.78, 5) is 38.5. The Morgan fingerprint density at radius 1 is 0.897 bits per heavy atom. The summed E-state index contributed by atoms with van der Waals surface area (Å²) in [5.74, 6) is -0.350. The van der Waals surface area contributed by atoms with Crippen LogP contribution < -0.4 is 10.2 Å². The molecular formula is C32H32N4O3. The van der Waals surface area contributed by atoms with Crippen LogP contribution in [0.15, 0.2) is 78.0 Å². The van der Waals surface area contributed by atoms with Gasteiger partial charge < -0.3 is 14.8 Å². The van der Waals surface area contributed by atoms with Crippen molar-refractivity contribution in [3.8, 4) is 11.3 Å². The Morgan fingerprint density at radius 2 is 1.67 bits per heavy atom. The number of nitrogens with one attached hydrogen (secondary N) is 1. The summed E-state index contributed by atoms with van der Waals surface area (Å²) in [6, 6.07) is 23.8. The van der Waals surface area contributed by atoms with E-state index in [-0.39, 0.29) is 12.5 Å². The zero-order valence-electron chi connectivity index (χ0n) is 21.9. The van der Waals surface area contributed by atoms with Gasteiger partial charge in [0, 0.05) is 52.5 Å². The van der Waals surface area contributed by atoms with E-state index in [0.29, 0.717) is 31.1 Å². The van der Waals surface area contributed by atoms with Crippen molar-refractivity contribution in [3.05, 3.63) is 94.4 Å². The van der Waals surface area contributed by atoms with E-state index in [1.807, 2.05) is 48.5 Å². The van der Waals surface area contributed by atoms with Gasteiger partial charge in [-0.25, -0.2) is 0 Å². The number of hydrogen-bond donors (Lipinski definition) is 1. The molecule has 1 fully saturated rings. The van der Waals surface area contributed by atoms with E-state index in [1.54, 1.807) is 6.07 Å². The maximum atomic E-state index is 13.1. The number of rotatable bonds is 6. The molecule has 1 aliphatic carbocycles. The van der Waals surface area contributed by atoms with Crippen LogP contribution in [0, 0.1) is 4.91 Å². The number of hydrogen-bond acceptors (Lipinski definition) is 4. The summed E-state index contributed by atoms with van der Waals surface area (Å²) < 4.78 is 2.29. The Balaban J connectivity index is 1.41. The number of benzene rings is 3. The summed E-state index contributed by atoms with van der Waals surface area (Å²) in [5.41, 5.74) is 6.96. The lowest BCUT2D eigenvalue weighted by atomic mass is 9.81. The van der Waals surface area contributed by atoms with E-state index in [0.717, 1.165) is 40.6 Å². The quantitative estimate of drug-likeness (QED) is 0.298. The average Bonchev–Trinajstić information content (AvgIpc) is 3.23. The lowest BCUT2D eigenvalue weighted by Crippen LogP contribution is -2.38. The van der Waals surface area contributed by atoms with Crippen molar-refractivity contribution in [2.45, 2.75) is 51.1 Å². The van der Waals surface area contributed by atoms with Crippen LogP contribution in [0.25, 0.3) is 22.2 Å². The molecule has 0 atom stereocenters. The third-order valence-electron chi connectivity index (χ3n) is 8.21. The number of carbonyl (C=O) groups is 2. The lowest BCUT2D eigenvalue weighted by molar-refractivity contribution is -0.119. The second-order valence-electron chi connectivity index (χ2n) is 10.6. The van der Waals surface area contributed by atoms with Crippen LogP contribution in [0.5, 0.6) is 0 Å². The molecule has 198 valence electrons. The minimum absolute atomic E-state index is 0.0254. The first-order valence-electron chi connectivity index (χ1n) is 13.8. The topological polar surface area (TPSA) is 83.8 Å². The van der Waals surface area contributed by atoms with Gasteiger partial charge in [-0.15, -0.1) is 4.91 Å². The van der Waals surface area contributed by atoms with Crippen LogP contribution in [0.2, 0.25) is 0 Å². The molecule has 39 heavy (non-hydrogen) atoms. The molecule has 7 heteroatoms. The predicted octanol–water partition coefficient (Wildman–Crippen LogP) is 6.40. The molecule has 0 saturated heterocycles. The monoisotopic (exact) mass is 520 g/mol. The Kier molecular flexibility index (Phi) is 6.97. The maximum Gasteiger partial charge on any atom is 0.316 e. The van der Waals surface area contributed by atoms with Crippen LogP contribution in [0.1, 0.15) is 59.5 Å². The second kappa shape index (κ2) is 10.8. The summed E-state index contributed by atoms with van der Waals surface area (Å²) in [6.45, 7) is 2.05. The van der Waals surface area contributed by atoms with E-state index in [1.165, 1.54) is 30.5 Å². The highest BCUT2D eigenvalue weighted by atomic mass is 16.3. The molecule has 0 radical (unpaired) electrons. The highest BCUT2D eigenvalue weighted by molar-refractivity contribution is 6.02. The zero-order valence-corrected chi connectivity index (χ0v) is 21.9. The zero-order chi connectivity index (χ0) is 26.8. The summed E-state index contributed by atoms with van der Waals surface area (Å²) in [5, 5.41) is 6.87. The van der Waals surface area contributed by atoms with Gasteiger partial charge in [-0.1, -0.05) is 73.9 Å². The minimum atomic E-state index is -0.752. The van der Waals surface area contributed by atoms with Gasteiger partial charge in [-0.05, 0) is 48.1 Å². The van der Waals surface area contributed by atoms with Crippen LogP contribution >= 0.6 is 0 Å². The van der Waals surface area contributed by atoms with Gasteiger partial charge in [0.15, 0.2) is 0 Å². The van der Waals surface area contributed by atoms with Gasteiger partial charge in [-0.3, -0.25) is 9.59 Å². The van der Waals surface area contributed by atoms with Crippen LogP contribution in [0.3, 0.4) is 0 Å². The van der Waals surface area contributed by atoms with Gasteiger partial charge in [0.2, 0.25) is 5.91 Å². The number of aromatic nitrogens is 1. The van der Waals surface area contributed by atoms with Crippen molar-refractivity contribution in [2.24, 2.45) is 5.18 Å². The van der Waals surface area contributed by atoms with Gasteiger partial charge in [0.25, 0.3) is 0 Å². The van der Waals surface area contributed by atoms with E-state index >= 15 is 0 Å². The fourth-order valence-electron chi connectivity index (χ4n) is 6.37. The average molecular weight is 521 g/mol. The van der Waals surface area contributed by atoms with Crippen molar-refractivity contribution in [1.29, 1.82) is 0 Å². The fourth-order valence-corrected chi connectivity index (χ4v) is 6.37. The molecule has 1 aliphatic heterocycles. The normalized spacial score (nSPS) is 15.3. The minimum Gasteiger partial charge on any atom is -0.360 e. The number of amides is 2. The molecular weight excluding hydrogens is 488 g/mol. The third kappa shape index (κ3) is 4.85. The number of nitroso groups, excluding NO2 is 1. The molecule has 1 saturated carbocycles. The van der Waals surface area contributed by atoms with Crippen molar-refractivity contribution in [2.75, 3.05) is 18.0 Å². The first-order valence-corrected chi connectivity index (χ1v) is 13.8. The molecule has 0 spiro atoms. The van der Waals surface area contributed by atoms with Crippen LogP contribution in [-0.4, -0.2) is 29.5 Å². The molecule has 0 bridgehead atoms. The van der Waals surface area contributed by atoms with Gasteiger partial charge in [-0.2, -0.15) is 0 Å². The van der Waals surface area contributed by atoms with Crippen molar-refractivity contribution in [1.82, 2.24) is 9.88 Å². The Labute approximate surface area is 227 Å². The summed E-state index contributed by atoms with van der Waals surface area (Å²) >= 11 is 0. The van der Waals surface area contributed by atoms with E-state index in [2.05, 4.69) is 38.2 Å². The Bertz CT molecular complexity index is 1540. The number of carbonyl (C=O) groups excluding carboxylic acids is 2. The van der Waals surface area contributed by atoms with Gasteiger partial charge >= 0.3 is 5.91 Å². The fraction of sp³-hybridized carbons (Fsp3) is 0.312. The number of para-hydroxylation sites is 1. The number of nitrogens with zero attached hydrogens (tertiary/aromatic N) is 3. The number of fused-ring (bicyclic) bond motifs is 5. The lowest BCUT2D eigenvalue weighted by Gasteiger charge is -2.26. The summed E-state index contributed by atoms with van der Waals surface area (Å²) in [6.07, 6.45) is 5.94. The van der Waals surface area contributed by atoms with E-state index in [4.69, 9.17) is 0 Å². The van der Waals surface area contributed by atoms with Crippen LogP contribution in [-0.2, 0) is 17.9 Å². The molecule has 6 rings (SSSR count). The van der Waals surface area contributed by atoms with Crippen molar-refractivity contribution in [3.63, 3.8) is 0 Å². The second-order valence-corrected chi connectivity index (χ2v) is 10.6. The molecule has 3 aromatic carbocycles. The Hall–Kier alpha value is -4.26.